The maximum atomic E-state index is 13.3. The van der Waals surface area contributed by atoms with E-state index in [0.29, 0.717) is 38.3 Å². The second-order valence-electron chi connectivity index (χ2n) is 7.73. The Hall–Kier alpha value is -2.90. The molecule has 1 saturated heterocycles. The molecule has 0 aliphatic carbocycles. The number of hydrogen-bond acceptors (Lipinski definition) is 6. The second-order valence-corrected chi connectivity index (χ2v) is 7.73. The van der Waals surface area contributed by atoms with E-state index in [1.165, 1.54) is 7.11 Å². The number of rotatable bonds is 9. The summed E-state index contributed by atoms with van der Waals surface area (Å²) in [7, 11) is 3.28. The molecular formula is C24H30N2O5. The van der Waals surface area contributed by atoms with Gasteiger partial charge in [-0.15, -0.1) is 0 Å². The van der Waals surface area contributed by atoms with Crippen molar-refractivity contribution in [2.75, 3.05) is 40.5 Å². The predicted molar refractivity (Wildman–Crippen MR) is 117 cm³/mol. The van der Waals surface area contributed by atoms with Crippen LogP contribution in [0.15, 0.2) is 54.6 Å². The molecule has 1 fully saturated rings. The van der Waals surface area contributed by atoms with Gasteiger partial charge in [0.1, 0.15) is 17.9 Å². The molecule has 1 amide bonds. The minimum absolute atomic E-state index is 0.0724. The highest BCUT2D eigenvalue weighted by molar-refractivity contribution is 5.89. The standard InChI is InChI=1S/C24H30N2O5/c1-18(19-9-11-20(12-10-19)22(27)29-3)25-23(28)24(13-15-30-17-24)26(2)14-16-31-21-7-5-4-6-8-21/h4-12,18H,13-17H2,1-3H3,(H,25,28)/t18-,24?/m0/s1. The lowest BCUT2D eigenvalue weighted by Gasteiger charge is -2.36. The number of likely N-dealkylation sites (N-methyl/N-ethyl adjacent to an activating group) is 1. The number of nitrogens with one attached hydrogen (secondary N) is 1. The maximum absolute atomic E-state index is 13.3. The summed E-state index contributed by atoms with van der Waals surface area (Å²) >= 11 is 0. The smallest absolute Gasteiger partial charge is 0.337 e. The van der Waals surface area contributed by atoms with Gasteiger partial charge in [0.15, 0.2) is 0 Å². The van der Waals surface area contributed by atoms with Crippen molar-refractivity contribution in [3.05, 3.63) is 65.7 Å². The molecular weight excluding hydrogens is 396 g/mol. The maximum Gasteiger partial charge on any atom is 0.337 e. The molecule has 1 unspecified atom stereocenters. The van der Waals surface area contributed by atoms with Crippen LogP contribution in [0.25, 0.3) is 0 Å². The van der Waals surface area contributed by atoms with Gasteiger partial charge >= 0.3 is 5.97 Å². The van der Waals surface area contributed by atoms with E-state index in [-0.39, 0.29) is 17.9 Å². The Morgan fingerprint density at radius 1 is 1.16 bits per heavy atom. The van der Waals surface area contributed by atoms with Crippen LogP contribution in [0.3, 0.4) is 0 Å². The quantitative estimate of drug-likeness (QED) is 0.622. The zero-order chi connectivity index (χ0) is 22.3. The number of carbonyl (C=O) groups excluding carboxylic acids is 2. The first-order valence-corrected chi connectivity index (χ1v) is 10.4. The molecule has 1 aliphatic heterocycles. The lowest BCUT2D eigenvalue weighted by Crippen LogP contribution is -2.59. The number of ether oxygens (including phenoxy) is 3. The molecule has 7 nitrogen and oxygen atoms in total. The Kier molecular flexibility index (Phi) is 7.65. The highest BCUT2D eigenvalue weighted by atomic mass is 16.5. The lowest BCUT2D eigenvalue weighted by molar-refractivity contribution is -0.134. The molecule has 0 bridgehead atoms. The molecule has 7 heteroatoms. The van der Waals surface area contributed by atoms with Crippen LogP contribution in [-0.4, -0.2) is 62.8 Å². The zero-order valence-corrected chi connectivity index (χ0v) is 18.3. The van der Waals surface area contributed by atoms with Crippen molar-refractivity contribution < 1.29 is 23.8 Å². The van der Waals surface area contributed by atoms with E-state index in [1.807, 2.05) is 61.3 Å². The van der Waals surface area contributed by atoms with Gasteiger partial charge in [-0.05, 0) is 43.8 Å². The summed E-state index contributed by atoms with van der Waals surface area (Å²) in [5.41, 5.74) is 0.647. The SMILES string of the molecule is COC(=O)c1ccc([C@H](C)NC(=O)C2(N(C)CCOc3ccccc3)CCOC2)cc1. The predicted octanol–water partition coefficient (Wildman–Crippen LogP) is 2.82. The second kappa shape index (κ2) is 10.4. The van der Waals surface area contributed by atoms with Crippen LogP contribution >= 0.6 is 0 Å². The van der Waals surface area contributed by atoms with Gasteiger partial charge in [0, 0.05) is 19.6 Å². The Labute approximate surface area is 183 Å². The monoisotopic (exact) mass is 426 g/mol. The van der Waals surface area contributed by atoms with Crippen molar-refractivity contribution in [1.82, 2.24) is 10.2 Å². The average molecular weight is 427 g/mol. The third-order valence-electron chi connectivity index (χ3n) is 5.77. The minimum Gasteiger partial charge on any atom is -0.492 e. The molecule has 31 heavy (non-hydrogen) atoms. The fraction of sp³-hybridized carbons (Fsp3) is 0.417. The Morgan fingerprint density at radius 3 is 2.48 bits per heavy atom. The van der Waals surface area contributed by atoms with Crippen molar-refractivity contribution in [3.63, 3.8) is 0 Å². The van der Waals surface area contributed by atoms with Crippen LogP contribution in [-0.2, 0) is 14.3 Å². The van der Waals surface area contributed by atoms with Gasteiger partial charge in [-0.25, -0.2) is 4.79 Å². The number of carbonyl (C=O) groups is 2. The van der Waals surface area contributed by atoms with E-state index in [4.69, 9.17) is 14.2 Å². The van der Waals surface area contributed by atoms with Crippen molar-refractivity contribution in [2.45, 2.75) is 24.9 Å². The van der Waals surface area contributed by atoms with Crippen LogP contribution in [0.2, 0.25) is 0 Å². The van der Waals surface area contributed by atoms with Crippen LogP contribution in [0.4, 0.5) is 0 Å². The van der Waals surface area contributed by atoms with Gasteiger partial charge in [-0.2, -0.15) is 0 Å². The fourth-order valence-corrected chi connectivity index (χ4v) is 3.68. The number of hydrogen-bond donors (Lipinski definition) is 1. The summed E-state index contributed by atoms with van der Waals surface area (Å²) in [6.07, 6.45) is 0.620. The molecule has 0 spiro atoms. The van der Waals surface area contributed by atoms with Gasteiger partial charge < -0.3 is 19.5 Å². The van der Waals surface area contributed by atoms with E-state index in [1.54, 1.807) is 12.1 Å². The molecule has 2 aromatic rings. The Bertz CT molecular complexity index is 863. The van der Waals surface area contributed by atoms with Crippen molar-refractivity contribution >= 4 is 11.9 Å². The van der Waals surface area contributed by atoms with Gasteiger partial charge in [-0.1, -0.05) is 30.3 Å². The summed E-state index contributed by atoms with van der Waals surface area (Å²) in [6, 6.07) is 16.5. The third kappa shape index (κ3) is 5.42. The molecule has 0 saturated carbocycles. The van der Waals surface area contributed by atoms with Gasteiger partial charge in [-0.3, -0.25) is 9.69 Å². The highest BCUT2D eigenvalue weighted by Crippen LogP contribution is 2.27. The van der Waals surface area contributed by atoms with Crippen LogP contribution in [0.5, 0.6) is 5.75 Å². The minimum atomic E-state index is -0.736. The van der Waals surface area contributed by atoms with Crippen LogP contribution in [0, 0.1) is 0 Å². The summed E-state index contributed by atoms with van der Waals surface area (Å²) in [4.78, 5) is 26.9. The summed E-state index contributed by atoms with van der Waals surface area (Å²) in [5.74, 6) is 0.350. The van der Waals surface area contributed by atoms with Crippen molar-refractivity contribution in [3.8, 4) is 5.75 Å². The zero-order valence-electron chi connectivity index (χ0n) is 18.3. The number of esters is 1. The first-order valence-electron chi connectivity index (χ1n) is 10.4. The van der Waals surface area contributed by atoms with Crippen LogP contribution < -0.4 is 10.1 Å². The van der Waals surface area contributed by atoms with Crippen molar-refractivity contribution in [1.29, 1.82) is 0 Å². The summed E-state index contributed by atoms with van der Waals surface area (Å²) in [5, 5.41) is 3.11. The van der Waals surface area contributed by atoms with E-state index in [0.717, 1.165) is 11.3 Å². The third-order valence-corrected chi connectivity index (χ3v) is 5.77. The number of amides is 1. The largest absolute Gasteiger partial charge is 0.492 e. The Balaban J connectivity index is 1.61. The van der Waals surface area contributed by atoms with E-state index in [9.17, 15) is 9.59 Å². The normalized spacial score (nSPS) is 19.1. The molecule has 2 atom stereocenters. The summed E-state index contributed by atoms with van der Waals surface area (Å²) in [6.45, 7) is 3.87. The number of nitrogens with zero attached hydrogens (tertiary/aromatic N) is 1. The molecule has 0 radical (unpaired) electrons. The molecule has 0 aromatic heterocycles. The van der Waals surface area contributed by atoms with Crippen molar-refractivity contribution in [2.24, 2.45) is 0 Å². The number of methoxy groups -OCH3 is 1. The Morgan fingerprint density at radius 2 is 1.87 bits per heavy atom. The topological polar surface area (TPSA) is 77.1 Å². The highest BCUT2D eigenvalue weighted by Gasteiger charge is 2.46. The van der Waals surface area contributed by atoms with Gasteiger partial charge in [0.05, 0.1) is 25.3 Å². The van der Waals surface area contributed by atoms with Crippen LogP contribution in [0.1, 0.15) is 35.3 Å². The van der Waals surface area contributed by atoms with Gasteiger partial charge in [0.2, 0.25) is 5.91 Å². The first-order chi connectivity index (χ1) is 15.0. The average Bonchev–Trinajstić information content (AvgIpc) is 3.31. The fourth-order valence-electron chi connectivity index (χ4n) is 3.68. The van der Waals surface area contributed by atoms with E-state index >= 15 is 0 Å². The molecule has 166 valence electrons. The van der Waals surface area contributed by atoms with Gasteiger partial charge in [0.25, 0.3) is 0 Å². The molecule has 1 aliphatic rings. The van der Waals surface area contributed by atoms with E-state index < -0.39 is 5.54 Å². The number of benzene rings is 2. The molecule has 2 aromatic carbocycles. The molecule has 3 rings (SSSR count). The molecule has 1 N–H and O–H groups in total. The lowest BCUT2D eigenvalue weighted by atomic mass is 9.94. The molecule has 1 heterocycles. The number of para-hydroxylation sites is 1. The first kappa shape index (κ1) is 22.8. The summed E-state index contributed by atoms with van der Waals surface area (Å²) < 4.78 is 16.1. The van der Waals surface area contributed by atoms with E-state index in [2.05, 4.69) is 5.32 Å².